The summed E-state index contributed by atoms with van der Waals surface area (Å²) in [7, 11) is 1.84. The molecule has 0 atom stereocenters. The molecule has 0 amide bonds. The van der Waals surface area contributed by atoms with Crippen molar-refractivity contribution in [3.63, 3.8) is 0 Å². The number of halogens is 4. The highest BCUT2D eigenvalue weighted by molar-refractivity contribution is 5.90. The van der Waals surface area contributed by atoms with Gasteiger partial charge >= 0.3 is 6.18 Å². The average molecular weight is 485 g/mol. The predicted molar refractivity (Wildman–Crippen MR) is 121 cm³/mol. The summed E-state index contributed by atoms with van der Waals surface area (Å²) in [6.45, 7) is 1.53. The van der Waals surface area contributed by atoms with Gasteiger partial charge in [-0.25, -0.2) is 19.3 Å². The molecule has 7 nitrogen and oxygen atoms in total. The van der Waals surface area contributed by atoms with Crippen molar-refractivity contribution in [1.82, 2.24) is 29.7 Å². The molecule has 0 radical (unpaired) electrons. The Bertz CT molecular complexity index is 1390. The maximum Gasteiger partial charge on any atom is 0.419 e. The first-order valence-corrected chi connectivity index (χ1v) is 11.6. The third kappa shape index (κ3) is 3.92. The van der Waals surface area contributed by atoms with Crippen LogP contribution in [0.3, 0.4) is 0 Å². The van der Waals surface area contributed by atoms with Gasteiger partial charge in [-0.05, 0) is 43.9 Å². The Kier molecular flexibility index (Phi) is 5.05. The van der Waals surface area contributed by atoms with Crippen LogP contribution in [0.5, 0.6) is 0 Å². The zero-order valence-corrected chi connectivity index (χ0v) is 19.0. The number of alkyl halides is 3. The lowest BCUT2D eigenvalue weighted by Crippen LogP contribution is -2.34. The molecule has 35 heavy (non-hydrogen) atoms. The van der Waals surface area contributed by atoms with Gasteiger partial charge in [0.15, 0.2) is 5.65 Å². The largest absolute Gasteiger partial charge is 0.419 e. The third-order valence-electron chi connectivity index (χ3n) is 6.98. The lowest BCUT2D eigenvalue weighted by atomic mass is 9.95. The maximum absolute atomic E-state index is 13.7. The molecule has 2 aliphatic rings. The molecule has 1 saturated carbocycles. The van der Waals surface area contributed by atoms with Crippen molar-refractivity contribution in [1.29, 1.82) is 0 Å². The van der Waals surface area contributed by atoms with E-state index in [2.05, 4.69) is 30.0 Å². The van der Waals surface area contributed by atoms with E-state index in [1.54, 1.807) is 12.5 Å². The van der Waals surface area contributed by atoms with Gasteiger partial charge < -0.3 is 9.47 Å². The molecular weight excluding hydrogens is 462 g/mol. The minimum Gasteiger partial charge on any atom is -0.356 e. The number of hydrogen-bond donors (Lipinski definition) is 1. The summed E-state index contributed by atoms with van der Waals surface area (Å²) in [5.41, 5.74) is 1.17. The smallest absolute Gasteiger partial charge is 0.356 e. The van der Waals surface area contributed by atoms with E-state index >= 15 is 0 Å². The summed E-state index contributed by atoms with van der Waals surface area (Å²) in [6, 6.07) is 3.01. The Hall–Kier alpha value is -3.50. The van der Waals surface area contributed by atoms with Gasteiger partial charge in [-0.2, -0.15) is 18.3 Å². The van der Waals surface area contributed by atoms with Crippen LogP contribution >= 0.6 is 0 Å². The van der Waals surface area contributed by atoms with Crippen molar-refractivity contribution in [3.05, 3.63) is 53.6 Å². The Balaban J connectivity index is 1.23. The molecule has 1 aromatic carbocycles. The molecule has 1 saturated heterocycles. The van der Waals surface area contributed by atoms with E-state index in [4.69, 9.17) is 0 Å². The SMILES string of the molecule is Cn1cc(-c2ccc(F)c(C(F)(F)F)c2)nc1C1CCN(c2ncnc3n[nH]c(C4CC4)c23)CC1. The van der Waals surface area contributed by atoms with E-state index < -0.39 is 17.6 Å². The zero-order valence-electron chi connectivity index (χ0n) is 19.0. The van der Waals surface area contributed by atoms with Crippen molar-refractivity contribution in [2.75, 3.05) is 18.0 Å². The van der Waals surface area contributed by atoms with Crippen LogP contribution < -0.4 is 4.90 Å². The van der Waals surface area contributed by atoms with Crippen molar-refractivity contribution in [3.8, 4) is 11.3 Å². The van der Waals surface area contributed by atoms with E-state index in [9.17, 15) is 17.6 Å². The van der Waals surface area contributed by atoms with Crippen molar-refractivity contribution in [2.45, 2.75) is 43.7 Å². The van der Waals surface area contributed by atoms with Gasteiger partial charge in [0.05, 0.1) is 22.3 Å². The number of aromatic nitrogens is 6. The quantitative estimate of drug-likeness (QED) is 0.404. The number of fused-ring (bicyclic) bond motifs is 1. The number of rotatable bonds is 4. The monoisotopic (exact) mass is 485 g/mol. The molecule has 4 heterocycles. The summed E-state index contributed by atoms with van der Waals surface area (Å²) in [6.07, 6.45) is 2.43. The van der Waals surface area contributed by atoms with Gasteiger partial charge in [0.2, 0.25) is 0 Å². The standard InChI is InChI=1S/C24H23F4N7/c1-34-11-18(15-4-5-17(25)16(10-15)24(26,27)28)31-22(34)14-6-8-35(9-7-14)23-19-20(13-2-3-13)32-33-21(19)29-12-30-23/h4-5,10-14H,2-3,6-9H2,1H3,(H,29,30,32,33). The Morgan fingerprint density at radius 3 is 2.51 bits per heavy atom. The first kappa shape index (κ1) is 22.0. The van der Waals surface area contributed by atoms with Crippen molar-refractivity contribution < 1.29 is 17.6 Å². The van der Waals surface area contributed by atoms with Crippen LogP contribution in [0.4, 0.5) is 23.4 Å². The topological polar surface area (TPSA) is 75.5 Å². The van der Waals surface area contributed by atoms with Gasteiger partial charge in [-0.1, -0.05) is 0 Å². The highest BCUT2D eigenvalue weighted by Crippen LogP contribution is 2.44. The first-order valence-electron chi connectivity index (χ1n) is 11.6. The number of benzene rings is 1. The number of nitrogens with one attached hydrogen (secondary N) is 1. The van der Waals surface area contributed by atoms with Gasteiger partial charge in [0, 0.05) is 43.7 Å². The number of H-pyrrole nitrogens is 1. The molecule has 1 N–H and O–H groups in total. The predicted octanol–water partition coefficient (Wildman–Crippen LogP) is 5.17. The Morgan fingerprint density at radius 2 is 1.80 bits per heavy atom. The number of anilines is 1. The number of aryl methyl sites for hydroxylation is 1. The third-order valence-corrected chi connectivity index (χ3v) is 6.98. The van der Waals surface area contributed by atoms with Crippen LogP contribution in [-0.2, 0) is 13.2 Å². The molecule has 3 aromatic heterocycles. The van der Waals surface area contributed by atoms with Crippen LogP contribution in [0.15, 0.2) is 30.7 Å². The molecule has 182 valence electrons. The molecule has 2 fully saturated rings. The van der Waals surface area contributed by atoms with Crippen molar-refractivity contribution in [2.24, 2.45) is 7.05 Å². The molecular formula is C24H23F4N7. The number of nitrogens with zero attached hydrogens (tertiary/aromatic N) is 6. The maximum atomic E-state index is 13.7. The van der Waals surface area contributed by atoms with Crippen LogP contribution in [0.25, 0.3) is 22.3 Å². The van der Waals surface area contributed by atoms with Gasteiger partial charge in [0.25, 0.3) is 0 Å². The summed E-state index contributed by atoms with van der Waals surface area (Å²) < 4.78 is 55.1. The number of aromatic amines is 1. The second kappa shape index (κ2) is 8.03. The fraction of sp³-hybridized carbons (Fsp3) is 0.417. The van der Waals surface area contributed by atoms with E-state index in [-0.39, 0.29) is 11.5 Å². The second-order valence-corrected chi connectivity index (χ2v) is 9.36. The zero-order chi connectivity index (χ0) is 24.3. The Labute approximate surface area is 198 Å². The molecule has 6 rings (SSSR count). The number of imidazole rings is 1. The van der Waals surface area contributed by atoms with Crippen LogP contribution in [-0.4, -0.2) is 42.8 Å². The molecule has 11 heteroatoms. The van der Waals surface area contributed by atoms with Crippen molar-refractivity contribution >= 4 is 16.9 Å². The van der Waals surface area contributed by atoms with Gasteiger partial charge in [-0.15, -0.1) is 0 Å². The molecule has 1 aliphatic heterocycles. The Morgan fingerprint density at radius 1 is 1.03 bits per heavy atom. The minimum atomic E-state index is -4.76. The summed E-state index contributed by atoms with van der Waals surface area (Å²) >= 11 is 0. The number of hydrogen-bond acceptors (Lipinski definition) is 5. The molecule has 4 aromatic rings. The average Bonchev–Trinajstić information content (AvgIpc) is 3.47. The first-order chi connectivity index (χ1) is 16.8. The van der Waals surface area contributed by atoms with Crippen LogP contribution in [0, 0.1) is 5.82 Å². The normalized spacial score (nSPS) is 17.5. The van der Waals surface area contributed by atoms with E-state index in [1.807, 2.05) is 11.6 Å². The van der Waals surface area contributed by atoms with E-state index in [0.717, 1.165) is 73.6 Å². The fourth-order valence-corrected chi connectivity index (χ4v) is 5.02. The summed E-state index contributed by atoms with van der Waals surface area (Å²) in [5, 5.41) is 8.51. The molecule has 1 aliphatic carbocycles. The summed E-state index contributed by atoms with van der Waals surface area (Å²) in [5.74, 6) is 1.07. The van der Waals surface area contributed by atoms with Gasteiger partial charge in [0.1, 0.15) is 23.8 Å². The fourth-order valence-electron chi connectivity index (χ4n) is 5.02. The van der Waals surface area contributed by atoms with Crippen LogP contribution in [0.2, 0.25) is 0 Å². The summed E-state index contributed by atoms with van der Waals surface area (Å²) in [4.78, 5) is 15.8. The lowest BCUT2D eigenvalue weighted by molar-refractivity contribution is -0.139. The van der Waals surface area contributed by atoms with Crippen LogP contribution in [0.1, 0.15) is 54.6 Å². The highest BCUT2D eigenvalue weighted by Gasteiger charge is 2.35. The molecule has 0 spiro atoms. The van der Waals surface area contributed by atoms with E-state index in [1.165, 1.54) is 6.07 Å². The van der Waals surface area contributed by atoms with Gasteiger partial charge in [-0.3, -0.25) is 5.10 Å². The lowest BCUT2D eigenvalue weighted by Gasteiger charge is -2.32. The highest BCUT2D eigenvalue weighted by atomic mass is 19.4. The van der Waals surface area contributed by atoms with E-state index in [0.29, 0.717) is 17.3 Å². The minimum absolute atomic E-state index is 0.150. The number of piperidine rings is 1. The molecule has 0 unspecified atom stereocenters. The second-order valence-electron chi connectivity index (χ2n) is 9.36. The molecule has 0 bridgehead atoms.